The summed E-state index contributed by atoms with van der Waals surface area (Å²) in [5, 5.41) is 13.2. The van der Waals surface area contributed by atoms with Gasteiger partial charge in [0.1, 0.15) is 5.69 Å². The highest BCUT2D eigenvalue weighted by Crippen LogP contribution is 2.09. The number of aromatic carboxylic acids is 1. The van der Waals surface area contributed by atoms with Gasteiger partial charge in [0.15, 0.2) is 0 Å². The van der Waals surface area contributed by atoms with Crippen LogP contribution in [0, 0.1) is 13.8 Å². The number of hydrogen-bond acceptors (Lipinski definition) is 2. The minimum absolute atomic E-state index is 0.225. The molecule has 0 bridgehead atoms. The predicted molar refractivity (Wildman–Crippen MR) is 64.2 cm³/mol. The lowest BCUT2D eigenvalue weighted by Crippen LogP contribution is -2.10. The maximum Gasteiger partial charge on any atom is 0.354 e. The summed E-state index contributed by atoms with van der Waals surface area (Å²) in [4.78, 5) is 11.0. The Hall–Kier alpha value is -2.10. The van der Waals surface area contributed by atoms with Crippen LogP contribution in [-0.2, 0) is 6.54 Å². The smallest absolute Gasteiger partial charge is 0.354 e. The second kappa shape index (κ2) is 4.41. The summed E-state index contributed by atoms with van der Waals surface area (Å²) in [6.45, 7) is 4.29. The zero-order valence-corrected chi connectivity index (χ0v) is 9.84. The third-order valence-electron chi connectivity index (χ3n) is 2.57. The lowest BCUT2D eigenvalue weighted by molar-refractivity contribution is 0.0684. The average Bonchev–Trinajstić information content (AvgIpc) is 2.63. The Morgan fingerprint density at radius 3 is 2.53 bits per heavy atom. The van der Waals surface area contributed by atoms with Gasteiger partial charge in [0.2, 0.25) is 0 Å². The zero-order chi connectivity index (χ0) is 12.4. The third kappa shape index (κ3) is 2.53. The van der Waals surface area contributed by atoms with E-state index < -0.39 is 5.97 Å². The summed E-state index contributed by atoms with van der Waals surface area (Å²) >= 11 is 0. The van der Waals surface area contributed by atoms with Crippen molar-refractivity contribution in [1.82, 2.24) is 9.78 Å². The summed E-state index contributed by atoms with van der Waals surface area (Å²) in [6.07, 6.45) is 0. The van der Waals surface area contributed by atoms with Gasteiger partial charge in [0, 0.05) is 0 Å². The molecule has 0 amide bonds. The second-order valence-corrected chi connectivity index (χ2v) is 4.12. The number of carbonyl (C=O) groups is 1. The van der Waals surface area contributed by atoms with Crippen molar-refractivity contribution < 1.29 is 9.90 Å². The first kappa shape index (κ1) is 11.4. The number of aryl methyl sites for hydroxylation is 2. The van der Waals surface area contributed by atoms with Gasteiger partial charge in [-0.2, -0.15) is 5.10 Å². The Labute approximate surface area is 99.5 Å². The monoisotopic (exact) mass is 230 g/mol. The molecule has 1 heterocycles. The van der Waals surface area contributed by atoms with Crippen LogP contribution < -0.4 is 0 Å². The Balaban J connectivity index is 2.29. The quantitative estimate of drug-likeness (QED) is 0.879. The minimum Gasteiger partial charge on any atom is -0.477 e. The Bertz CT molecular complexity index is 541. The van der Waals surface area contributed by atoms with Crippen LogP contribution in [-0.4, -0.2) is 20.9 Å². The number of nitrogens with zero attached hydrogens (tertiary/aromatic N) is 2. The molecule has 0 aliphatic rings. The molecule has 0 aliphatic carbocycles. The molecule has 0 spiro atoms. The van der Waals surface area contributed by atoms with E-state index in [1.807, 2.05) is 31.2 Å². The summed E-state index contributed by atoms with van der Waals surface area (Å²) < 4.78 is 1.52. The van der Waals surface area contributed by atoms with Crippen LogP contribution in [0.25, 0.3) is 0 Å². The van der Waals surface area contributed by atoms with Gasteiger partial charge in [-0.15, -0.1) is 0 Å². The lowest BCUT2D eigenvalue weighted by Gasteiger charge is -2.05. The van der Waals surface area contributed by atoms with Crippen LogP contribution in [0.5, 0.6) is 0 Å². The normalized spacial score (nSPS) is 10.5. The molecular weight excluding hydrogens is 216 g/mol. The van der Waals surface area contributed by atoms with E-state index in [1.165, 1.54) is 10.2 Å². The fourth-order valence-electron chi connectivity index (χ4n) is 1.70. The van der Waals surface area contributed by atoms with E-state index in [0.717, 1.165) is 11.3 Å². The van der Waals surface area contributed by atoms with Crippen molar-refractivity contribution in [2.75, 3.05) is 0 Å². The van der Waals surface area contributed by atoms with Gasteiger partial charge in [0.05, 0.1) is 12.2 Å². The van der Waals surface area contributed by atoms with E-state index in [2.05, 4.69) is 5.10 Å². The van der Waals surface area contributed by atoms with Gasteiger partial charge in [-0.1, -0.05) is 29.8 Å². The fraction of sp³-hybridized carbons (Fsp3) is 0.231. The zero-order valence-electron chi connectivity index (χ0n) is 9.84. The molecule has 0 unspecified atom stereocenters. The maximum atomic E-state index is 11.0. The topological polar surface area (TPSA) is 55.1 Å². The van der Waals surface area contributed by atoms with Crippen LogP contribution in [0.1, 0.15) is 27.3 Å². The Morgan fingerprint density at radius 2 is 1.94 bits per heavy atom. The SMILES string of the molecule is Cc1ccc(Cn2nc(C)cc2C(=O)O)cc1. The highest BCUT2D eigenvalue weighted by Gasteiger charge is 2.12. The molecule has 17 heavy (non-hydrogen) atoms. The van der Waals surface area contributed by atoms with Crippen molar-refractivity contribution in [2.45, 2.75) is 20.4 Å². The van der Waals surface area contributed by atoms with E-state index in [-0.39, 0.29) is 5.69 Å². The van der Waals surface area contributed by atoms with E-state index >= 15 is 0 Å². The molecule has 4 nitrogen and oxygen atoms in total. The highest BCUT2D eigenvalue weighted by molar-refractivity contribution is 5.85. The highest BCUT2D eigenvalue weighted by atomic mass is 16.4. The molecule has 2 aromatic rings. The first-order valence-corrected chi connectivity index (χ1v) is 5.39. The molecule has 88 valence electrons. The molecule has 2 rings (SSSR count). The van der Waals surface area contributed by atoms with Crippen molar-refractivity contribution >= 4 is 5.97 Å². The van der Waals surface area contributed by atoms with Crippen molar-refractivity contribution in [3.63, 3.8) is 0 Å². The van der Waals surface area contributed by atoms with Crippen LogP contribution in [0.3, 0.4) is 0 Å². The van der Waals surface area contributed by atoms with Crippen LogP contribution >= 0.6 is 0 Å². The number of aromatic nitrogens is 2. The summed E-state index contributed by atoms with van der Waals surface area (Å²) in [5.74, 6) is -0.947. The average molecular weight is 230 g/mol. The Kier molecular flexibility index (Phi) is 2.95. The van der Waals surface area contributed by atoms with Gasteiger partial charge in [-0.05, 0) is 25.5 Å². The van der Waals surface area contributed by atoms with Crippen LogP contribution in [0.4, 0.5) is 0 Å². The number of benzene rings is 1. The van der Waals surface area contributed by atoms with Gasteiger partial charge < -0.3 is 5.11 Å². The predicted octanol–water partition coefficient (Wildman–Crippen LogP) is 2.25. The van der Waals surface area contributed by atoms with E-state index in [0.29, 0.717) is 6.54 Å². The number of rotatable bonds is 3. The molecule has 0 atom stereocenters. The molecule has 0 aliphatic heterocycles. The number of carboxylic acids is 1. The minimum atomic E-state index is -0.947. The van der Waals surface area contributed by atoms with Crippen molar-refractivity contribution in [3.05, 3.63) is 52.8 Å². The van der Waals surface area contributed by atoms with Crippen LogP contribution in [0.2, 0.25) is 0 Å². The third-order valence-corrected chi connectivity index (χ3v) is 2.57. The largest absolute Gasteiger partial charge is 0.477 e. The molecule has 0 fully saturated rings. The van der Waals surface area contributed by atoms with E-state index in [9.17, 15) is 4.79 Å². The molecule has 1 N–H and O–H groups in total. The standard InChI is InChI=1S/C13H14N2O2/c1-9-3-5-11(6-4-9)8-15-12(13(16)17)7-10(2)14-15/h3-7H,8H2,1-2H3,(H,16,17). The van der Waals surface area contributed by atoms with Gasteiger partial charge in [-0.3, -0.25) is 4.68 Å². The Morgan fingerprint density at radius 1 is 1.29 bits per heavy atom. The number of carboxylic acid groups (broad SMARTS) is 1. The van der Waals surface area contributed by atoms with Gasteiger partial charge >= 0.3 is 5.97 Å². The van der Waals surface area contributed by atoms with Gasteiger partial charge in [-0.25, -0.2) is 4.79 Å². The molecule has 4 heteroatoms. The van der Waals surface area contributed by atoms with Crippen LogP contribution in [0.15, 0.2) is 30.3 Å². The summed E-state index contributed by atoms with van der Waals surface area (Å²) in [6, 6.07) is 9.56. The van der Waals surface area contributed by atoms with Crippen molar-refractivity contribution in [3.8, 4) is 0 Å². The fourth-order valence-corrected chi connectivity index (χ4v) is 1.70. The molecule has 0 radical (unpaired) electrons. The molecule has 1 aromatic carbocycles. The van der Waals surface area contributed by atoms with E-state index in [1.54, 1.807) is 13.0 Å². The first-order valence-electron chi connectivity index (χ1n) is 5.39. The molecule has 0 saturated heterocycles. The van der Waals surface area contributed by atoms with Crippen molar-refractivity contribution in [2.24, 2.45) is 0 Å². The first-order chi connectivity index (χ1) is 8.06. The summed E-state index contributed by atoms with van der Waals surface area (Å²) in [7, 11) is 0. The van der Waals surface area contributed by atoms with E-state index in [4.69, 9.17) is 5.11 Å². The molecule has 1 aromatic heterocycles. The number of hydrogen-bond donors (Lipinski definition) is 1. The lowest BCUT2D eigenvalue weighted by atomic mass is 10.1. The molecule has 0 saturated carbocycles. The second-order valence-electron chi connectivity index (χ2n) is 4.12. The molecular formula is C13H14N2O2. The summed E-state index contributed by atoms with van der Waals surface area (Å²) in [5.41, 5.74) is 3.17. The van der Waals surface area contributed by atoms with Gasteiger partial charge in [0.25, 0.3) is 0 Å². The maximum absolute atomic E-state index is 11.0. The van der Waals surface area contributed by atoms with Crippen molar-refractivity contribution in [1.29, 1.82) is 0 Å².